The normalized spacial score (nSPS) is 13.8. The molecule has 8 heteroatoms. The van der Waals surface area contributed by atoms with Crippen LogP contribution in [-0.4, -0.2) is 60.6 Å². The zero-order valence-electron chi connectivity index (χ0n) is 19.6. The van der Waals surface area contributed by atoms with E-state index in [4.69, 9.17) is 21.7 Å². The number of carbonyl (C=O) groups excluding carboxylic acids is 1. The summed E-state index contributed by atoms with van der Waals surface area (Å²) in [6.07, 6.45) is 0. The summed E-state index contributed by atoms with van der Waals surface area (Å²) in [6.45, 7) is 4.50. The van der Waals surface area contributed by atoms with Crippen molar-refractivity contribution in [2.45, 2.75) is 6.54 Å². The number of piperazine rings is 1. The van der Waals surface area contributed by atoms with Crippen molar-refractivity contribution in [1.82, 2.24) is 9.80 Å². The van der Waals surface area contributed by atoms with Gasteiger partial charge in [0, 0.05) is 48.4 Å². The molecular weight excluding hydrogens is 526 g/mol. The van der Waals surface area contributed by atoms with Crippen LogP contribution in [0.25, 0.3) is 0 Å². The van der Waals surface area contributed by atoms with Gasteiger partial charge < -0.3 is 19.7 Å². The molecule has 0 unspecified atom stereocenters. The molecule has 1 heterocycles. The molecule has 4 rings (SSSR count). The Labute approximate surface area is 220 Å². The molecule has 1 N–H and O–H groups in total. The molecule has 1 aliphatic heterocycles. The van der Waals surface area contributed by atoms with Crippen LogP contribution in [0.4, 0.5) is 5.69 Å². The highest BCUT2D eigenvalue weighted by molar-refractivity contribution is 9.10. The number of amides is 1. The van der Waals surface area contributed by atoms with E-state index < -0.39 is 0 Å². The van der Waals surface area contributed by atoms with Gasteiger partial charge in [0.1, 0.15) is 4.99 Å². The molecule has 0 saturated carbocycles. The van der Waals surface area contributed by atoms with Crippen LogP contribution < -0.4 is 14.8 Å². The van der Waals surface area contributed by atoms with Crippen molar-refractivity contribution in [2.24, 2.45) is 0 Å². The maximum atomic E-state index is 12.3. The molecule has 0 spiro atoms. The number of ether oxygens (including phenoxy) is 2. The molecule has 0 radical (unpaired) electrons. The number of thiocarbonyl (C=S) groups is 1. The standard InChI is InChI=1S/C27H28BrN3O3S/c1-33-25-17-21(7-12-24(25)34-19-26(32)29-23-10-8-22(28)9-11-23)27(35)31-15-13-30(14-16-31)18-20-5-3-2-4-6-20/h2-12,17H,13-16,18-19H2,1H3,(H,29,32). The van der Waals surface area contributed by atoms with Gasteiger partial charge in [-0.05, 0) is 48.0 Å². The SMILES string of the molecule is COc1cc(C(=S)N2CCN(Cc3ccccc3)CC2)ccc1OCC(=O)Nc1ccc(Br)cc1. The van der Waals surface area contributed by atoms with Gasteiger partial charge in [-0.2, -0.15) is 0 Å². The van der Waals surface area contributed by atoms with E-state index >= 15 is 0 Å². The lowest BCUT2D eigenvalue weighted by atomic mass is 10.1. The first-order valence-electron chi connectivity index (χ1n) is 11.4. The number of nitrogens with one attached hydrogen (secondary N) is 1. The minimum absolute atomic E-state index is 0.125. The summed E-state index contributed by atoms with van der Waals surface area (Å²) in [4.78, 5) is 17.8. The zero-order valence-corrected chi connectivity index (χ0v) is 22.0. The number of carbonyl (C=O) groups is 1. The summed E-state index contributed by atoms with van der Waals surface area (Å²) in [5.74, 6) is 0.795. The molecule has 6 nitrogen and oxygen atoms in total. The second kappa shape index (κ2) is 12.2. The minimum Gasteiger partial charge on any atom is -0.493 e. The monoisotopic (exact) mass is 553 g/mol. The predicted octanol–water partition coefficient (Wildman–Crippen LogP) is 4.97. The third-order valence-corrected chi connectivity index (χ3v) is 6.83. The Bertz CT molecular complexity index is 1150. The van der Waals surface area contributed by atoms with Crippen molar-refractivity contribution in [3.05, 3.63) is 88.4 Å². The number of nitrogens with zero attached hydrogens (tertiary/aromatic N) is 2. The minimum atomic E-state index is -0.248. The van der Waals surface area contributed by atoms with Crippen molar-refractivity contribution in [1.29, 1.82) is 0 Å². The van der Waals surface area contributed by atoms with Crippen LogP contribution in [0.5, 0.6) is 11.5 Å². The van der Waals surface area contributed by atoms with E-state index in [1.165, 1.54) is 5.56 Å². The summed E-state index contributed by atoms with van der Waals surface area (Å²) in [5, 5.41) is 2.81. The summed E-state index contributed by atoms with van der Waals surface area (Å²) < 4.78 is 12.2. The molecule has 35 heavy (non-hydrogen) atoms. The topological polar surface area (TPSA) is 54.0 Å². The van der Waals surface area contributed by atoms with E-state index in [-0.39, 0.29) is 12.5 Å². The fourth-order valence-corrected chi connectivity index (χ4v) is 4.50. The van der Waals surface area contributed by atoms with Crippen LogP contribution >= 0.6 is 28.1 Å². The number of methoxy groups -OCH3 is 1. The van der Waals surface area contributed by atoms with Gasteiger partial charge in [-0.25, -0.2) is 0 Å². The van der Waals surface area contributed by atoms with Gasteiger partial charge >= 0.3 is 0 Å². The second-order valence-corrected chi connectivity index (χ2v) is 9.57. The summed E-state index contributed by atoms with van der Waals surface area (Å²) in [6, 6.07) is 23.5. The van der Waals surface area contributed by atoms with Crippen LogP contribution in [0.1, 0.15) is 11.1 Å². The number of benzene rings is 3. The summed E-state index contributed by atoms with van der Waals surface area (Å²) >= 11 is 9.17. The first-order valence-corrected chi connectivity index (χ1v) is 12.6. The molecule has 0 atom stereocenters. The van der Waals surface area contributed by atoms with Crippen molar-refractivity contribution < 1.29 is 14.3 Å². The van der Waals surface area contributed by atoms with Crippen LogP contribution in [0, 0.1) is 0 Å². The lowest BCUT2D eigenvalue weighted by Gasteiger charge is -2.36. The maximum absolute atomic E-state index is 12.3. The van der Waals surface area contributed by atoms with Gasteiger partial charge in [-0.1, -0.05) is 58.5 Å². The molecule has 0 bridgehead atoms. The molecule has 1 fully saturated rings. The third-order valence-electron chi connectivity index (χ3n) is 5.81. The first-order chi connectivity index (χ1) is 17.0. The highest BCUT2D eigenvalue weighted by Gasteiger charge is 2.21. The van der Waals surface area contributed by atoms with Crippen molar-refractivity contribution in [3.8, 4) is 11.5 Å². The van der Waals surface area contributed by atoms with E-state index in [1.54, 1.807) is 13.2 Å². The summed E-state index contributed by atoms with van der Waals surface area (Å²) in [5.41, 5.74) is 2.94. The quantitative estimate of drug-likeness (QED) is 0.397. The Kier molecular flexibility index (Phi) is 8.74. The molecular formula is C27H28BrN3O3S. The van der Waals surface area contributed by atoms with E-state index in [0.29, 0.717) is 17.2 Å². The average Bonchev–Trinajstić information content (AvgIpc) is 2.89. The molecule has 1 amide bonds. The lowest BCUT2D eigenvalue weighted by Crippen LogP contribution is -2.48. The number of hydrogen-bond acceptors (Lipinski definition) is 5. The van der Waals surface area contributed by atoms with Crippen LogP contribution in [0.3, 0.4) is 0 Å². The van der Waals surface area contributed by atoms with Gasteiger partial charge in [0.15, 0.2) is 18.1 Å². The molecule has 182 valence electrons. The Morgan fingerprint density at radius 3 is 2.37 bits per heavy atom. The van der Waals surface area contributed by atoms with Gasteiger partial charge in [-0.3, -0.25) is 9.69 Å². The second-order valence-electron chi connectivity index (χ2n) is 8.26. The van der Waals surface area contributed by atoms with E-state index in [2.05, 4.69) is 55.3 Å². The fourth-order valence-electron chi connectivity index (χ4n) is 3.93. The molecule has 3 aromatic rings. The Hall–Kier alpha value is -2.94. The maximum Gasteiger partial charge on any atom is 0.262 e. The lowest BCUT2D eigenvalue weighted by molar-refractivity contribution is -0.118. The van der Waals surface area contributed by atoms with E-state index in [9.17, 15) is 4.79 Å². The molecule has 3 aromatic carbocycles. The zero-order chi connectivity index (χ0) is 24.6. The van der Waals surface area contributed by atoms with Crippen LogP contribution in [0.15, 0.2) is 77.3 Å². The predicted molar refractivity (Wildman–Crippen MR) is 146 cm³/mol. The van der Waals surface area contributed by atoms with Crippen molar-refractivity contribution in [3.63, 3.8) is 0 Å². The molecule has 1 saturated heterocycles. The van der Waals surface area contributed by atoms with Crippen molar-refractivity contribution >= 4 is 44.7 Å². The van der Waals surface area contributed by atoms with Gasteiger partial charge in [0.05, 0.1) is 7.11 Å². The van der Waals surface area contributed by atoms with Gasteiger partial charge in [0.25, 0.3) is 5.91 Å². The van der Waals surface area contributed by atoms with E-state index in [1.807, 2.05) is 42.5 Å². The van der Waals surface area contributed by atoms with Crippen LogP contribution in [-0.2, 0) is 11.3 Å². The smallest absolute Gasteiger partial charge is 0.262 e. The molecule has 0 aliphatic carbocycles. The number of halogens is 1. The van der Waals surface area contributed by atoms with Gasteiger partial charge in [-0.15, -0.1) is 0 Å². The average molecular weight is 555 g/mol. The molecule has 1 aliphatic rings. The Morgan fingerprint density at radius 2 is 1.69 bits per heavy atom. The number of rotatable bonds is 8. The number of anilines is 1. The summed E-state index contributed by atoms with van der Waals surface area (Å²) in [7, 11) is 1.58. The highest BCUT2D eigenvalue weighted by atomic mass is 79.9. The van der Waals surface area contributed by atoms with Crippen molar-refractivity contribution in [2.75, 3.05) is 45.2 Å². The Morgan fingerprint density at radius 1 is 0.971 bits per heavy atom. The largest absolute Gasteiger partial charge is 0.493 e. The number of hydrogen-bond donors (Lipinski definition) is 1. The Balaban J connectivity index is 1.30. The third kappa shape index (κ3) is 7.04. The van der Waals surface area contributed by atoms with Gasteiger partial charge in [0.2, 0.25) is 0 Å². The first kappa shape index (κ1) is 25.2. The van der Waals surface area contributed by atoms with Crippen LogP contribution in [0.2, 0.25) is 0 Å². The highest BCUT2D eigenvalue weighted by Crippen LogP contribution is 2.29. The molecule has 0 aromatic heterocycles. The fraction of sp³-hybridized carbons (Fsp3) is 0.259. The van der Waals surface area contributed by atoms with E-state index in [0.717, 1.165) is 47.7 Å².